The molecule has 0 saturated heterocycles. The van der Waals surface area contributed by atoms with E-state index in [9.17, 15) is 9.59 Å². The number of thiophene rings is 1. The fourth-order valence-corrected chi connectivity index (χ4v) is 4.70. The van der Waals surface area contributed by atoms with Gasteiger partial charge in [-0.2, -0.15) is 0 Å². The monoisotopic (exact) mass is 461 g/mol. The van der Waals surface area contributed by atoms with Gasteiger partial charge < -0.3 is 20.5 Å². The number of carbonyl (C=O) groups excluding carboxylic acids is 2. The molecule has 0 radical (unpaired) electrons. The van der Waals surface area contributed by atoms with Crippen LogP contribution in [0.5, 0.6) is 5.75 Å². The number of aryl methyl sites for hydroxylation is 1. The standard InChI is InChI=1S/C25H23N3O4S/c1-4-32-25(30)22-21(26)20-19(15-10-12-17(31-3)13-11-15)18(14(2)27-24(20)33-22)23(29)28-16-8-6-5-7-9-16/h5-13H,4,26H2,1-3H3,(H,28,29). The smallest absolute Gasteiger partial charge is 0.350 e. The first-order valence-electron chi connectivity index (χ1n) is 10.3. The van der Waals surface area contributed by atoms with E-state index in [2.05, 4.69) is 10.3 Å². The van der Waals surface area contributed by atoms with E-state index in [0.717, 1.165) is 16.9 Å². The topological polar surface area (TPSA) is 104 Å². The number of para-hydroxylation sites is 1. The molecule has 4 rings (SSSR count). The Bertz CT molecular complexity index is 1330. The zero-order valence-electron chi connectivity index (χ0n) is 18.5. The molecule has 3 N–H and O–H groups in total. The van der Waals surface area contributed by atoms with Crippen LogP contribution < -0.4 is 15.8 Å². The number of esters is 1. The second kappa shape index (κ2) is 9.30. The average molecular weight is 462 g/mol. The summed E-state index contributed by atoms with van der Waals surface area (Å²) in [4.78, 5) is 31.4. The number of nitrogens with one attached hydrogen (secondary N) is 1. The van der Waals surface area contributed by atoms with Gasteiger partial charge in [0, 0.05) is 16.6 Å². The number of pyridine rings is 1. The average Bonchev–Trinajstić information content (AvgIpc) is 3.15. The molecule has 0 saturated carbocycles. The third kappa shape index (κ3) is 4.25. The van der Waals surface area contributed by atoms with Crippen molar-refractivity contribution in [3.8, 4) is 16.9 Å². The van der Waals surface area contributed by atoms with Gasteiger partial charge in [0.15, 0.2) is 0 Å². The molecule has 2 aromatic heterocycles. The number of hydrogen-bond donors (Lipinski definition) is 2. The van der Waals surface area contributed by atoms with Crippen molar-refractivity contribution in [2.24, 2.45) is 0 Å². The summed E-state index contributed by atoms with van der Waals surface area (Å²) < 4.78 is 10.5. The lowest BCUT2D eigenvalue weighted by Gasteiger charge is -2.15. The van der Waals surface area contributed by atoms with E-state index in [0.29, 0.717) is 38.5 Å². The number of carbonyl (C=O) groups is 2. The van der Waals surface area contributed by atoms with Gasteiger partial charge in [0.1, 0.15) is 15.5 Å². The number of hydrogen-bond acceptors (Lipinski definition) is 7. The van der Waals surface area contributed by atoms with Crippen LogP contribution in [0.3, 0.4) is 0 Å². The van der Waals surface area contributed by atoms with E-state index < -0.39 is 5.97 Å². The summed E-state index contributed by atoms with van der Waals surface area (Å²) in [5.74, 6) is -0.143. The van der Waals surface area contributed by atoms with Crippen LogP contribution in [0.15, 0.2) is 54.6 Å². The maximum absolute atomic E-state index is 13.4. The van der Waals surface area contributed by atoms with Crippen LogP contribution in [0.1, 0.15) is 32.6 Å². The van der Waals surface area contributed by atoms with Crippen LogP contribution >= 0.6 is 11.3 Å². The molecule has 0 aliphatic rings. The molecule has 8 heteroatoms. The zero-order valence-corrected chi connectivity index (χ0v) is 19.3. The van der Waals surface area contributed by atoms with Crippen molar-refractivity contribution < 1.29 is 19.1 Å². The number of ether oxygens (including phenoxy) is 2. The van der Waals surface area contributed by atoms with Crippen molar-refractivity contribution in [3.05, 3.63) is 70.7 Å². The number of nitrogen functional groups attached to an aromatic ring is 1. The first-order chi connectivity index (χ1) is 15.9. The maximum atomic E-state index is 13.4. The van der Waals surface area contributed by atoms with Gasteiger partial charge in [-0.3, -0.25) is 4.79 Å². The molecule has 0 bridgehead atoms. The molecule has 0 fully saturated rings. The zero-order chi connectivity index (χ0) is 23.5. The predicted octanol–water partition coefficient (Wildman–Crippen LogP) is 5.29. The van der Waals surface area contributed by atoms with E-state index in [1.807, 2.05) is 54.6 Å². The summed E-state index contributed by atoms with van der Waals surface area (Å²) in [6, 6.07) is 16.5. The largest absolute Gasteiger partial charge is 0.497 e. The first-order valence-corrected chi connectivity index (χ1v) is 11.2. The van der Waals surface area contributed by atoms with E-state index in [4.69, 9.17) is 15.2 Å². The van der Waals surface area contributed by atoms with Crippen LogP contribution in [0, 0.1) is 6.92 Å². The lowest BCUT2D eigenvalue weighted by molar-refractivity contribution is 0.0533. The first kappa shape index (κ1) is 22.3. The summed E-state index contributed by atoms with van der Waals surface area (Å²) >= 11 is 1.16. The van der Waals surface area contributed by atoms with Gasteiger partial charge in [-0.05, 0) is 43.7 Å². The number of anilines is 2. The van der Waals surface area contributed by atoms with Crippen molar-refractivity contribution in [1.82, 2.24) is 4.98 Å². The minimum absolute atomic E-state index is 0.231. The number of nitrogens with two attached hydrogens (primary N) is 1. The molecule has 0 aliphatic carbocycles. The number of benzene rings is 2. The summed E-state index contributed by atoms with van der Waals surface area (Å²) in [5, 5.41) is 3.49. The highest BCUT2D eigenvalue weighted by Gasteiger charge is 2.27. The third-order valence-electron chi connectivity index (χ3n) is 5.16. The highest BCUT2D eigenvalue weighted by atomic mass is 32.1. The number of aromatic nitrogens is 1. The molecule has 0 aliphatic heterocycles. The Morgan fingerprint density at radius 1 is 1.09 bits per heavy atom. The van der Waals surface area contributed by atoms with Gasteiger partial charge in [-0.1, -0.05) is 30.3 Å². The fourth-order valence-electron chi connectivity index (χ4n) is 3.65. The Labute approximate surface area is 195 Å². The van der Waals surface area contributed by atoms with Crippen LogP contribution in [0.2, 0.25) is 0 Å². The molecule has 1 amide bonds. The lowest BCUT2D eigenvalue weighted by Crippen LogP contribution is -2.16. The minimum Gasteiger partial charge on any atom is -0.497 e. The summed E-state index contributed by atoms with van der Waals surface area (Å²) in [7, 11) is 1.59. The summed E-state index contributed by atoms with van der Waals surface area (Å²) in [5.41, 5.74) is 9.64. The van der Waals surface area contributed by atoms with Crippen molar-refractivity contribution in [3.63, 3.8) is 0 Å². The summed E-state index contributed by atoms with van der Waals surface area (Å²) in [6.45, 7) is 3.74. The van der Waals surface area contributed by atoms with Crippen molar-refractivity contribution in [2.45, 2.75) is 13.8 Å². The van der Waals surface area contributed by atoms with Crippen LogP contribution in [-0.4, -0.2) is 30.6 Å². The van der Waals surface area contributed by atoms with Gasteiger partial charge in [-0.25, -0.2) is 9.78 Å². The Kier molecular flexibility index (Phi) is 6.28. The van der Waals surface area contributed by atoms with Gasteiger partial charge in [0.05, 0.1) is 30.7 Å². The van der Waals surface area contributed by atoms with Crippen molar-refractivity contribution in [1.29, 1.82) is 0 Å². The number of nitrogens with zero attached hydrogens (tertiary/aromatic N) is 1. The maximum Gasteiger partial charge on any atom is 0.350 e. The number of rotatable bonds is 6. The molecular weight excluding hydrogens is 438 g/mol. The highest BCUT2D eigenvalue weighted by Crippen LogP contribution is 2.42. The van der Waals surface area contributed by atoms with Crippen LogP contribution in [0.4, 0.5) is 11.4 Å². The number of methoxy groups -OCH3 is 1. The van der Waals surface area contributed by atoms with E-state index in [1.54, 1.807) is 21.0 Å². The lowest BCUT2D eigenvalue weighted by atomic mass is 9.94. The quantitative estimate of drug-likeness (QED) is 0.378. The van der Waals surface area contributed by atoms with Crippen molar-refractivity contribution >= 4 is 44.8 Å². The molecule has 33 heavy (non-hydrogen) atoms. The Morgan fingerprint density at radius 2 is 1.79 bits per heavy atom. The molecule has 0 atom stereocenters. The van der Waals surface area contributed by atoms with E-state index in [1.165, 1.54) is 0 Å². The highest BCUT2D eigenvalue weighted by molar-refractivity contribution is 7.21. The second-order valence-corrected chi connectivity index (χ2v) is 8.24. The SMILES string of the molecule is CCOC(=O)c1sc2nc(C)c(C(=O)Nc3ccccc3)c(-c3ccc(OC)cc3)c2c1N. The van der Waals surface area contributed by atoms with E-state index in [-0.39, 0.29) is 23.1 Å². The minimum atomic E-state index is -0.508. The van der Waals surface area contributed by atoms with Crippen LogP contribution in [-0.2, 0) is 4.74 Å². The van der Waals surface area contributed by atoms with Gasteiger partial charge >= 0.3 is 5.97 Å². The Morgan fingerprint density at radius 3 is 2.42 bits per heavy atom. The van der Waals surface area contributed by atoms with Gasteiger partial charge in [0.25, 0.3) is 5.91 Å². The van der Waals surface area contributed by atoms with E-state index >= 15 is 0 Å². The predicted molar refractivity (Wildman–Crippen MR) is 131 cm³/mol. The molecule has 0 unspecified atom stereocenters. The molecule has 2 heterocycles. The second-order valence-electron chi connectivity index (χ2n) is 7.24. The third-order valence-corrected chi connectivity index (χ3v) is 6.24. The van der Waals surface area contributed by atoms with Crippen molar-refractivity contribution in [2.75, 3.05) is 24.8 Å². The number of amides is 1. The molecule has 0 spiro atoms. The normalized spacial score (nSPS) is 10.8. The molecule has 7 nitrogen and oxygen atoms in total. The molecule has 4 aromatic rings. The van der Waals surface area contributed by atoms with Gasteiger partial charge in [0.2, 0.25) is 0 Å². The molecular formula is C25H23N3O4S. The van der Waals surface area contributed by atoms with Gasteiger partial charge in [-0.15, -0.1) is 11.3 Å². The Balaban J connectivity index is 1.97. The van der Waals surface area contributed by atoms with Crippen LogP contribution in [0.25, 0.3) is 21.3 Å². The summed E-state index contributed by atoms with van der Waals surface area (Å²) in [6.07, 6.45) is 0. The number of fused-ring (bicyclic) bond motifs is 1. The Hall–Kier alpha value is -3.91. The molecule has 2 aromatic carbocycles. The fraction of sp³-hybridized carbons (Fsp3) is 0.160. The molecule has 168 valence electrons.